The summed E-state index contributed by atoms with van der Waals surface area (Å²) in [5, 5.41) is 0. The summed E-state index contributed by atoms with van der Waals surface area (Å²) in [5.74, 6) is 2.23. The smallest absolute Gasteiger partial charge is 0.127 e. The van der Waals surface area contributed by atoms with Crippen molar-refractivity contribution in [2.75, 3.05) is 11.5 Å². The van der Waals surface area contributed by atoms with Crippen molar-refractivity contribution in [3.05, 3.63) is 12.2 Å². The average molecular weight is 216 g/mol. The molecule has 2 fully saturated rings. The molecule has 1 aliphatic heterocycles. The highest BCUT2D eigenvalue weighted by atomic mass is 32.3. The Hall–Kier alpha value is 0.0400. The van der Waals surface area contributed by atoms with E-state index in [-0.39, 0.29) is 4.08 Å². The first-order chi connectivity index (χ1) is 6.23. The number of fused-ring (bicyclic) bond motifs is 3. The molecule has 1 heterocycles. The molecule has 0 aromatic rings. The minimum atomic E-state index is -0.838. The van der Waals surface area contributed by atoms with Crippen LogP contribution in [-0.4, -0.2) is 24.0 Å². The lowest BCUT2D eigenvalue weighted by molar-refractivity contribution is 0.596. The fraction of sp³-hybridized carbons (Fsp3) is 0.778. The van der Waals surface area contributed by atoms with Crippen LogP contribution in [0.1, 0.15) is 12.8 Å². The standard InChI is InChI=1S/C9H12O2S2/c10-12-3-4-13(11)9(12)6-7-1-2-8(9)5-7/h1-2,7-8H,3-6H2/t7-,8+,12-,13-/m1/s1. The van der Waals surface area contributed by atoms with Crippen LogP contribution in [0.2, 0.25) is 0 Å². The molecular formula is C9H12O2S2. The van der Waals surface area contributed by atoms with Gasteiger partial charge in [0.05, 0.1) is 0 Å². The van der Waals surface area contributed by atoms with Crippen LogP contribution < -0.4 is 0 Å². The predicted molar refractivity (Wildman–Crippen MR) is 54.1 cm³/mol. The van der Waals surface area contributed by atoms with Crippen LogP contribution in [0.4, 0.5) is 0 Å². The van der Waals surface area contributed by atoms with Gasteiger partial charge in [-0.15, -0.1) is 0 Å². The van der Waals surface area contributed by atoms with Crippen molar-refractivity contribution in [1.82, 2.24) is 0 Å². The van der Waals surface area contributed by atoms with Crippen LogP contribution >= 0.6 is 0 Å². The summed E-state index contributed by atoms with van der Waals surface area (Å²) in [6.45, 7) is 0. The number of hydrogen-bond acceptors (Lipinski definition) is 2. The van der Waals surface area contributed by atoms with Gasteiger partial charge in [0.2, 0.25) is 0 Å². The molecule has 0 aromatic heterocycles. The molecular weight excluding hydrogens is 204 g/mol. The van der Waals surface area contributed by atoms with Gasteiger partial charge in [-0.3, -0.25) is 8.42 Å². The lowest BCUT2D eigenvalue weighted by atomic mass is 10.1. The summed E-state index contributed by atoms with van der Waals surface area (Å²) in [5.41, 5.74) is 0. The Morgan fingerprint density at radius 3 is 2.31 bits per heavy atom. The van der Waals surface area contributed by atoms with E-state index in [4.69, 9.17) is 0 Å². The first kappa shape index (κ1) is 8.36. The highest BCUT2D eigenvalue weighted by molar-refractivity contribution is 8.07. The molecule has 0 amide bonds. The van der Waals surface area contributed by atoms with Gasteiger partial charge >= 0.3 is 0 Å². The van der Waals surface area contributed by atoms with Gasteiger partial charge in [-0.05, 0) is 18.8 Å². The highest BCUT2D eigenvalue weighted by Gasteiger charge is 2.59. The maximum Gasteiger partial charge on any atom is 0.127 e. The topological polar surface area (TPSA) is 34.1 Å². The Morgan fingerprint density at radius 1 is 1.15 bits per heavy atom. The zero-order valence-corrected chi connectivity index (χ0v) is 8.90. The molecule has 0 N–H and O–H groups in total. The van der Waals surface area contributed by atoms with Gasteiger partial charge in [-0.1, -0.05) is 12.2 Å². The lowest BCUT2D eigenvalue weighted by Crippen LogP contribution is -2.38. The Kier molecular flexibility index (Phi) is 1.63. The Balaban J connectivity index is 2.10. The largest absolute Gasteiger partial charge is 0.258 e. The third kappa shape index (κ3) is 0.885. The van der Waals surface area contributed by atoms with Crippen LogP contribution in [-0.2, 0) is 21.6 Å². The summed E-state index contributed by atoms with van der Waals surface area (Å²) in [6, 6.07) is 0. The average Bonchev–Trinajstić information content (AvgIpc) is 2.77. The second-order valence-electron chi connectivity index (χ2n) is 4.10. The van der Waals surface area contributed by atoms with Gasteiger partial charge in [0.25, 0.3) is 0 Å². The fourth-order valence-corrected chi connectivity index (χ4v) is 7.95. The van der Waals surface area contributed by atoms with E-state index < -0.39 is 21.6 Å². The Bertz CT molecular complexity index is 319. The Morgan fingerprint density at radius 2 is 1.85 bits per heavy atom. The van der Waals surface area contributed by atoms with Gasteiger partial charge < -0.3 is 0 Å². The van der Waals surface area contributed by atoms with Crippen molar-refractivity contribution >= 4 is 21.6 Å². The fourth-order valence-electron chi connectivity index (χ4n) is 2.89. The Labute approximate surface area is 82.7 Å². The van der Waals surface area contributed by atoms with E-state index in [0.717, 1.165) is 12.8 Å². The minimum Gasteiger partial charge on any atom is -0.258 e. The number of rotatable bonds is 0. The predicted octanol–water partition coefficient (Wildman–Crippen LogP) is 0.790. The van der Waals surface area contributed by atoms with E-state index in [9.17, 15) is 8.42 Å². The molecule has 72 valence electrons. The molecule has 0 aromatic carbocycles. The molecule has 3 aliphatic rings. The van der Waals surface area contributed by atoms with E-state index in [1.165, 1.54) is 0 Å². The van der Waals surface area contributed by atoms with Crippen molar-refractivity contribution in [1.29, 1.82) is 0 Å². The maximum absolute atomic E-state index is 11.9. The van der Waals surface area contributed by atoms with Gasteiger partial charge in [0.15, 0.2) is 0 Å². The van der Waals surface area contributed by atoms with Crippen molar-refractivity contribution < 1.29 is 8.42 Å². The van der Waals surface area contributed by atoms with E-state index in [1.54, 1.807) is 0 Å². The lowest BCUT2D eigenvalue weighted by Gasteiger charge is -2.27. The molecule has 1 saturated heterocycles. The van der Waals surface area contributed by atoms with Gasteiger partial charge in [-0.2, -0.15) is 0 Å². The molecule has 13 heavy (non-hydrogen) atoms. The van der Waals surface area contributed by atoms with Gasteiger partial charge in [-0.25, -0.2) is 0 Å². The van der Waals surface area contributed by atoms with E-state index in [1.807, 2.05) is 0 Å². The summed E-state index contributed by atoms with van der Waals surface area (Å²) in [4.78, 5) is 0. The van der Waals surface area contributed by atoms with E-state index >= 15 is 0 Å². The van der Waals surface area contributed by atoms with E-state index in [2.05, 4.69) is 12.2 Å². The minimum absolute atomic E-state index is 0.320. The van der Waals surface area contributed by atoms with E-state index in [0.29, 0.717) is 23.3 Å². The first-order valence-electron chi connectivity index (χ1n) is 4.69. The van der Waals surface area contributed by atoms with Crippen molar-refractivity contribution in [3.8, 4) is 0 Å². The molecule has 2 aliphatic carbocycles. The molecule has 3 rings (SSSR count). The van der Waals surface area contributed by atoms with Crippen molar-refractivity contribution in [2.45, 2.75) is 16.9 Å². The van der Waals surface area contributed by atoms with Crippen LogP contribution in [0.3, 0.4) is 0 Å². The van der Waals surface area contributed by atoms with Crippen LogP contribution in [0, 0.1) is 11.8 Å². The molecule has 2 bridgehead atoms. The maximum atomic E-state index is 11.9. The second-order valence-corrected chi connectivity index (χ2v) is 8.02. The SMILES string of the molecule is O=[S@@]1CC[S@@](=O)C12C[C@@H]1C=C[C@H]2C1. The van der Waals surface area contributed by atoms with Crippen LogP contribution in [0.25, 0.3) is 0 Å². The first-order valence-corrected chi connectivity index (χ1v) is 7.32. The normalized spacial score (nSPS) is 50.8. The van der Waals surface area contributed by atoms with Crippen LogP contribution in [0.5, 0.6) is 0 Å². The molecule has 0 radical (unpaired) electrons. The number of allylic oxidation sites excluding steroid dienone is 2. The molecule has 4 atom stereocenters. The zero-order valence-electron chi connectivity index (χ0n) is 7.27. The molecule has 0 unspecified atom stereocenters. The van der Waals surface area contributed by atoms with Gasteiger partial charge in [0.1, 0.15) is 4.08 Å². The molecule has 1 saturated carbocycles. The molecule has 1 spiro atoms. The summed E-state index contributed by atoms with van der Waals surface area (Å²) in [7, 11) is -1.68. The zero-order chi connectivity index (χ0) is 9.05. The van der Waals surface area contributed by atoms with Gasteiger partial charge in [0, 0.05) is 39.0 Å². The second kappa shape index (κ2) is 2.54. The highest BCUT2D eigenvalue weighted by Crippen LogP contribution is 2.53. The number of hydrogen-bond donors (Lipinski definition) is 0. The summed E-state index contributed by atoms with van der Waals surface area (Å²) >= 11 is 0. The summed E-state index contributed by atoms with van der Waals surface area (Å²) < 4.78 is 23.4. The summed E-state index contributed by atoms with van der Waals surface area (Å²) in [6.07, 6.45) is 6.36. The monoisotopic (exact) mass is 216 g/mol. The third-order valence-corrected chi connectivity index (χ3v) is 8.51. The quantitative estimate of drug-likeness (QED) is 0.561. The van der Waals surface area contributed by atoms with Crippen molar-refractivity contribution in [2.24, 2.45) is 11.8 Å². The third-order valence-electron chi connectivity index (χ3n) is 3.51. The molecule has 4 heteroatoms. The van der Waals surface area contributed by atoms with Crippen molar-refractivity contribution in [3.63, 3.8) is 0 Å². The van der Waals surface area contributed by atoms with Crippen LogP contribution in [0.15, 0.2) is 12.2 Å². The molecule has 2 nitrogen and oxygen atoms in total.